The van der Waals surface area contributed by atoms with Crippen LogP contribution < -0.4 is 15.2 Å². The molecule has 0 saturated heterocycles. The van der Waals surface area contributed by atoms with Gasteiger partial charge in [-0.2, -0.15) is 0 Å². The van der Waals surface area contributed by atoms with E-state index in [0.717, 1.165) is 12.8 Å². The Morgan fingerprint density at radius 1 is 1.42 bits per heavy atom. The average Bonchev–Trinajstić information content (AvgIpc) is 3.09. The maximum absolute atomic E-state index is 12.3. The lowest BCUT2D eigenvalue weighted by Crippen LogP contribution is -2.27. The van der Waals surface area contributed by atoms with Crippen molar-refractivity contribution in [2.75, 3.05) is 12.3 Å². The molecule has 0 spiro atoms. The fourth-order valence-electron chi connectivity index (χ4n) is 2.12. The van der Waals surface area contributed by atoms with E-state index < -0.39 is 10.0 Å². The Morgan fingerprint density at radius 3 is 2.74 bits per heavy atom. The summed E-state index contributed by atoms with van der Waals surface area (Å²) in [5.41, 5.74) is 6.08. The van der Waals surface area contributed by atoms with Crippen LogP contribution in [-0.2, 0) is 10.0 Å². The van der Waals surface area contributed by atoms with Crippen LogP contribution in [0.15, 0.2) is 23.1 Å². The summed E-state index contributed by atoms with van der Waals surface area (Å²) in [5, 5.41) is 0. The summed E-state index contributed by atoms with van der Waals surface area (Å²) >= 11 is 0. The standard InChI is InChI=1S/C13H20N2O3S/c1-3-9-7-11(9)15-19(16,17)13-8-10(14)5-6-12(13)18-4-2/h5-6,8-9,11,15H,3-4,7,14H2,1-2H3. The van der Waals surface area contributed by atoms with Gasteiger partial charge in [0.15, 0.2) is 0 Å². The summed E-state index contributed by atoms with van der Waals surface area (Å²) in [6.07, 6.45) is 1.89. The summed E-state index contributed by atoms with van der Waals surface area (Å²) in [5.74, 6) is 0.796. The zero-order chi connectivity index (χ0) is 14.0. The first-order valence-corrected chi connectivity index (χ1v) is 8.01. The lowest BCUT2D eigenvalue weighted by atomic mass is 10.3. The number of ether oxygens (including phenoxy) is 1. The molecule has 0 aliphatic heterocycles. The second kappa shape index (κ2) is 5.38. The number of hydrogen-bond acceptors (Lipinski definition) is 4. The third-order valence-corrected chi connectivity index (χ3v) is 4.82. The van der Waals surface area contributed by atoms with Gasteiger partial charge in [-0.05, 0) is 37.5 Å². The Kier molecular flexibility index (Phi) is 4.01. The molecule has 0 heterocycles. The summed E-state index contributed by atoms with van der Waals surface area (Å²) in [7, 11) is -3.57. The van der Waals surface area contributed by atoms with E-state index in [9.17, 15) is 8.42 Å². The van der Waals surface area contributed by atoms with Crippen molar-refractivity contribution >= 4 is 15.7 Å². The van der Waals surface area contributed by atoms with Gasteiger partial charge in [0.25, 0.3) is 0 Å². The number of nitrogen functional groups attached to an aromatic ring is 1. The summed E-state index contributed by atoms with van der Waals surface area (Å²) < 4.78 is 32.8. The van der Waals surface area contributed by atoms with Crippen LogP contribution >= 0.6 is 0 Å². The van der Waals surface area contributed by atoms with Gasteiger partial charge in [0, 0.05) is 11.7 Å². The van der Waals surface area contributed by atoms with Gasteiger partial charge in [0.2, 0.25) is 10.0 Å². The zero-order valence-electron chi connectivity index (χ0n) is 11.2. The minimum Gasteiger partial charge on any atom is -0.492 e. The fraction of sp³-hybridized carbons (Fsp3) is 0.538. The average molecular weight is 284 g/mol. The molecule has 1 fully saturated rings. The van der Waals surface area contributed by atoms with Crippen molar-refractivity contribution < 1.29 is 13.2 Å². The van der Waals surface area contributed by atoms with Crippen LogP contribution in [0.3, 0.4) is 0 Å². The van der Waals surface area contributed by atoms with E-state index in [4.69, 9.17) is 10.5 Å². The van der Waals surface area contributed by atoms with E-state index in [1.165, 1.54) is 6.07 Å². The number of sulfonamides is 1. The van der Waals surface area contributed by atoms with Gasteiger partial charge >= 0.3 is 0 Å². The van der Waals surface area contributed by atoms with Crippen molar-refractivity contribution in [2.45, 2.75) is 37.6 Å². The molecule has 1 aromatic rings. The Morgan fingerprint density at radius 2 is 2.16 bits per heavy atom. The molecule has 0 bridgehead atoms. The highest BCUT2D eigenvalue weighted by atomic mass is 32.2. The predicted octanol–water partition coefficient (Wildman–Crippen LogP) is 1.74. The van der Waals surface area contributed by atoms with Crippen LogP contribution in [0.1, 0.15) is 26.7 Å². The molecule has 106 valence electrons. The summed E-state index contributed by atoms with van der Waals surface area (Å²) in [4.78, 5) is 0.121. The number of anilines is 1. The molecule has 0 radical (unpaired) electrons. The molecular weight excluding hydrogens is 264 g/mol. The van der Waals surface area contributed by atoms with Gasteiger partial charge in [0.05, 0.1) is 6.61 Å². The van der Waals surface area contributed by atoms with Gasteiger partial charge in [-0.25, -0.2) is 13.1 Å². The largest absolute Gasteiger partial charge is 0.492 e. The van der Waals surface area contributed by atoms with E-state index in [0.29, 0.717) is 24.0 Å². The Bertz CT molecular complexity index is 557. The van der Waals surface area contributed by atoms with Crippen molar-refractivity contribution in [3.05, 3.63) is 18.2 Å². The Balaban J connectivity index is 2.26. The first kappa shape index (κ1) is 14.1. The molecule has 0 amide bonds. The molecule has 2 rings (SSSR count). The quantitative estimate of drug-likeness (QED) is 0.780. The molecule has 6 heteroatoms. The van der Waals surface area contributed by atoms with E-state index in [-0.39, 0.29) is 10.9 Å². The zero-order valence-corrected chi connectivity index (χ0v) is 12.0. The molecule has 2 unspecified atom stereocenters. The first-order valence-electron chi connectivity index (χ1n) is 6.52. The minimum absolute atomic E-state index is 0.0471. The number of nitrogens with one attached hydrogen (secondary N) is 1. The highest BCUT2D eigenvalue weighted by Crippen LogP contribution is 2.35. The van der Waals surface area contributed by atoms with E-state index in [1.807, 2.05) is 6.92 Å². The first-order chi connectivity index (χ1) is 8.97. The van der Waals surface area contributed by atoms with Gasteiger partial charge < -0.3 is 10.5 Å². The smallest absolute Gasteiger partial charge is 0.244 e. The number of rotatable bonds is 6. The van der Waals surface area contributed by atoms with Crippen molar-refractivity contribution in [3.8, 4) is 5.75 Å². The van der Waals surface area contributed by atoms with Crippen LogP contribution in [0.25, 0.3) is 0 Å². The molecule has 1 aromatic carbocycles. The molecule has 1 aliphatic carbocycles. The van der Waals surface area contributed by atoms with Crippen molar-refractivity contribution in [3.63, 3.8) is 0 Å². The van der Waals surface area contributed by atoms with Crippen LogP contribution in [0.4, 0.5) is 5.69 Å². The van der Waals surface area contributed by atoms with E-state index >= 15 is 0 Å². The Hall–Kier alpha value is -1.27. The number of nitrogens with two attached hydrogens (primary N) is 1. The second-order valence-corrected chi connectivity index (χ2v) is 6.45. The topological polar surface area (TPSA) is 81.4 Å². The maximum atomic E-state index is 12.3. The van der Waals surface area contributed by atoms with Crippen molar-refractivity contribution in [2.24, 2.45) is 5.92 Å². The fourth-order valence-corrected chi connectivity index (χ4v) is 3.61. The molecule has 0 aromatic heterocycles. The SMILES string of the molecule is CCOc1ccc(N)cc1S(=O)(=O)NC1CC1CC. The van der Waals surface area contributed by atoms with E-state index in [2.05, 4.69) is 11.6 Å². The van der Waals surface area contributed by atoms with E-state index in [1.54, 1.807) is 12.1 Å². The lowest BCUT2D eigenvalue weighted by Gasteiger charge is -2.12. The van der Waals surface area contributed by atoms with Gasteiger partial charge in [-0.1, -0.05) is 13.3 Å². The van der Waals surface area contributed by atoms with Crippen molar-refractivity contribution in [1.82, 2.24) is 4.72 Å². The van der Waals surface area contributed by atoms with Crippen LogP contribution in [0, 0.1) is 5.92 Å². The predicted molar refractivity (Wildman–Crippen MR) is 74.5 cm³/mol. The number of hydrogen-bond donors (Lipinski definition) is 2. The highest BCUT2D eigenvalue weighted by molar-refractivity contribution is 7.89. The molecule has 2 atom stereocenters. The monoisotopic (exact) mass is 284 g/mol. The molecule has 19 heavy (non-hydrogen) atoms. The summed E-state index contributed by atoms with van der Waals surface area (Å²) in [6, 6.07) is 4.72. The van der Waals surface area contributed by atoms with Crippen LogP contribution in [0.2, 0.25) is 0 Å². The van der Waals surface area contributed by atoms with Gasteiger partial charge in [0.1, 0.15) is 10.6 Å². The maximum Gasteiger partial charge on any atom is 0.244 e. The van der Waals surface area contributed by atoms with Gasteiger partial charge in [-0.3, -0.25) is 0 Å². The lowest BCUT2D eigenvalue weighted by molar-refractivity contribution is 0.331. The third-order valence-electron chi connectivity index (χ3n) is 3.31. The second-order valence-electron chi connectivity index (χ2n) is 4.77. The molecular formula is C13H20N2O3S. The number of benzene rings is 1. The molecule has 3 N–H and O–H groups in total. The highest BCUT2D eigenvalue weighted by Gasteiger charge is 2.39. The normalized spacial score (nSPS) is 22.2. The van der Waals surface area contributed by atoms with Gasteiger partial charge in [-0.15, -0.1) is 0 Å². The Labute approximate surface area is 114 Å². The third kappa shape index (κ3) is 3.19. The molecule has 1 aliphatic rings. The minimum atomic E-state index is -3.57. The summed E-state index contributed by atoms with van der Waals surface area (Å²) in [6.45, 7) is 4.28. The molecule has 1 saturated carbocycles. The van der Waals surface area contributed by atoms with Crippen molar-refractivity contribution in [1.29, 1.82) is 0 Å². The molecule has 5 nitrogen and oxygen atoms in total. The van der Waals surface area contributed by atoms with Crippen LogP contribution in [-0.4, -0.2) is 21.1 Å². The van der Waals surface area contributed by atoms with Crippen LogP contribution in [0.5, 0.6) is 5.75 Å².